The second kappa shape index (κ2) is 6.61. The van der Waals surface area contributed by atoms with Gasteiger partial charge in [-0.3, -0.25) is 0 Å². The zero-order valence-electron chi connectivity index (χ0n) is 13.7. The number of nitrogens with zero attached hydrogens (tertiary/aromatic N) is 3. The van der Waals surface area contributed by atoms with E-state index in [9.17, 15) is 4.79 Å². The van der Waals surface area contributed by atoms with Gasteiger partial charge in [0.05, 0.1) is 17.6 Å². The molecule has 128 valence electrons. The van der Waals surface area contributed by atoms with Crippen LogP contribution in [0.3, 0.4) is 0 Å². The summed E-state index contributed by atoms with van der Waals surface area (Å²) in [6, 6.07) is 8.25. The van der Waals surface area contributed by atoms with Crippen molar-refractivity contribution in [3.8, 4) is 0 Å². The fraction of sp³-hybridized carbons (Fsp3) is 0.278. The van der Waals surface area contributed by atoms with E-state index >= 15 is 0 Å². The molecular weight excluding hydrogens is 358 g/mol. The first kappa shape index (κ1) is 16.3. The summed E-state index contributed by atoms with van der Waals surface area (Å²) in [5, 5.41) is 2.67. The highest BCUT2D eigenvalue weighted by molar-refractivity contribution is 7.17. The number of para-hydroxylation sites is 1. The molecule has 0 N–H and O–H groups in total. The van der Waals surface area contributed by atoms with Gasteiger partial charge in [0.2, 0.25) is 5.28 Å². The van der Waals surface area contributed by atoms with Crippen LogP contribution < -0.4 is 4.90 Å². The van der Waals surface area contributed by atoms with Gasteiger partial charge in [-0.05, 0) is 43.0 Å². The quantitative estimate of drug-likeness (QED) is 0.496. The van der Waals surface area contributed by atoms with Crippen molar-refractivity contribution < 1.29 is 9.53 Å². The number of carbonyl (C=O) groups excluding carboxylic acids is 1. The Morgan fingerprint density at radius 2 is 2.20 bits per heavy atom. The second-order valence-electron chi connectivity index (χ2n) is 5.75. The van der Waals surface area contributed by atoms with Crippen molar-refractivity contribution in [2.24, 2.45) is 0 Å². The zero-order valence-corrected chi connectivity index (χ0v) is 15.2. The lowest BCUT2D eigenvalue weighted by Crippen LogP contribution is -2.26. The van der Waals surface area contributed by atoms with Crippen LogP contribution in [0.15, 0.2) is 29.6 Å². The van der Waals surface area contributed by atoms with Gasteiger partial charge in [0.1, 0.15) is 10.6 Å². The van der Waals surface area contributed by atoms with Gasteiger partial charge in [-0.1, -0.05) is 18.2 Å². The number of aromatic nitrogens is 2. The van der Waals surface area contributed by atoms with Gasteiger partial charge in [0.25, 0.3) is 0 Å². The summed E-state index contributed by atoms with van der Waals surface area (Å²) >= 11 is 7.54. The highest BCUT2D eigenvalue weighted by Crippen LogP contribution is 2.39. The molecule has 0 bridgehead atoms. The monoisotopic (exact) mass is 373 g/mol. The molecule has 0 radical (unpaired) electrons. The van der Waals surface area contributed by atoms with Gasteiger partial charge in [0.15, 0.2) is 0 Å². The minimum atomic E-state index is -0.355. The Bertz CT molecular complexity index is 957. The van der Waals surface area contributed by atoms with Crippen LogP contribution in [0.2, 0.25) is 5.28 Å². The van der Waals surface area contributed by atoms with Crippen molar-refractivity contribution in [3.63, 3.8) is 0 Å². The van der Waals surface area contributed by atoms with Gasteiger partial charge in [-0.2, -0.15) is 4.98 Å². The maximum atomic E-state index is 12.4. The molecule has 3 aromatic rings. The number of aryl methyl sites for hydroxylation is 1. The van der Waals surface area contributed by atoms with Crippen LogP contribution in [0.5, 0.6) is 0 Å². The van der Waals surface area contributed by atoms with Gasteiger partial charge in [0, 0.05) is 17.6 Å². The summed E-state index contributed by atoms with van der Waals surface area (Å²) in [4.78, 5) is 24.0. The number of ether oxygens (including phenoxy) is 1. The third-order valence-electron chi connectivity index (χ3n) is 4.25. The third kappa shape index (κ3) is 2.85. The lowest BCUT2D eigenvalue weighted by Gasteiger charge is -2.31. The molecule has 0 saturated carbocycles. The number of esters is 1. The van der Waals surface area contributed by atoms with E-state index in [1.807, 2.05) is 12.1 Å². The molecule has 4 rings (SSSR count). The van der Waals surface area contributed by atoms with E-state index in [-0.39, 0.29) is 11.3 Å². The SMILES string of the molecule is CCOC(=O)c1csc2nc(Cl)nc(N3CCCc4ccccc43)c12. The normalized spacial score (nSPS) is 13.8. The average molecular weight is 374 g/mol. The molecule has 1 aromatic carbocycles. The van der Waals surface area contributed by atoms with E-state index in [0.29, 0.717) is 28.2 Å². The Balaban J connectivity index is 1.93. The predicted octanol–water partition coefficient (Wildman–Crippen LogP) is 4.61. The number of hydrogen-bond donors (Lipinski definition) is 0. The summed E-state index contributed by atoms with van der Waals surface area (Å²) in [6.45, 7) is 2.94. The minimum Gasteiger partial charge on any atom is -0.462 e. The zero-order chi connectivity index (χ0) is 17.4. The van der Waals surface area contributed by atoms with Gasteiger partial charge < -0.3 is 9.64 Å². The summed E-state index contributed by atoms with van der Waals surface area (Å²) in [6.07, 6.45) is 2.04. The molecule has 25 heavy (non-hydrogen) atoms. The molecule has 0 amide bonds. The average Bonchev–Trinajstić information content (AvgIpc) is 3.04. The smallest absolute Gasteiger partial charge is 0.339 e. The van der Waals surface area contributed by atoms with E-state index in [0.717, 1.165) is 25.1 Å². The molecule has 0 saturated heterocycles. The molecule has 1 aliphatic rings. The van der Waals surface area contributed by atoms with E-state index in [4.69, 9.17) is 16.3 Å². The molecule has 0 atom stereocenters. The Kier molecular flexibility index (Phi) is 4.31. The molecule has 0 unspecified atom stereocenters. The Hall–Kier alpha value is -2.18. The summed E-state index contributed by atoms with van der Waals surface area (Å²) in [5.74, 6) is 0.317. The van der Waals surface area contributed by atoms with Crippen LogP contribution in [0.4, 0.5) is 11.5 Å². The molecule has 7 heteroatoms. The highest BCUT2D eigenvalue weighted by atomic mass is 35.5. The predicted molar refractivity (Wildman–Crippen MR) is 100 cm³/mol. The lowest BCUT2D eigenvalue weighted by atomic mass is 10.0. The summed E-state index contributed by atoms with van der Waals surface area (Å²) in [5.41, 5.74) is 2.87. The molecule has 5 nitrogen and oxygen atoms in total. The van der Waals surface area contributed by atoms with Crippen molar-refractivity contribution in [3.05, 3.63) is 46.1 Å². The number of thiophene rings is 1. The Labute approximate surface area is 154 Å². The maximum Gasteiger partial charge on any atom is 0.339 e. The van der Waals surface area contributed by atoms with Crippen molar-refractivity contribution in [1.82, 2.24) is 9.97 Å². The highest BCUT2D eigenvalue weighted by Gasteiger charge is 2.26. The molecule has 0 aliphatic carbocycles. The largest absolute Gasteiger partial charge is 0.462 e. The minimum absolute atomic E-state index is 0.183. The van der Waals surface area contributed by atoms with Gasteiger partial charge >= 0.3 is 5.97 Å². The Morgan fingerprint density at radius 3 is 3.04 bits per heavy atom. The van der Waals surface area contributed by atoms with Gasteiger partial charge in [-0.15, -0.1) is 11.3 Å². The van der Waals surface area contributed by atoms with Crippen molar-refractivity contribution in [2.75, 3.05) is 18.1 Å². The molecular formula is C18H16ClN3O2S. The number of fused-ring (bicyclic) bond motifs is 2. The van der Waals surface area contributed by atoms with E-state index in [1.165, 1.54) is 16.9 Å². The fourth-order valence-electron chi connectivity index (χ4n) is 3.21. The molecule has 1 aliphatic heterocycles. The van der Waals surface area contributed by atoms with Crippen LogP contribution in [-0.4, -0.2) is 29.1 Å². The first-order valence-electron chi connectivity index (χ1n) is 8.16. The number of anilines is 2. The van der Waals surface area contributed by atoms with E-state index < -0.39 is 0 Å². The number of benzene rings is 1. The summed E-state index contributed by atoms with van der Waals surface area (Å²) < 4.78 is 5.20. The molecule has 0 fully saturated rings. The lowest BCUT2D eigenvalue weighted by molar-refractivity contribution is 0.0529. The summed E-state index contributed by atoms with van der Waals surface area (Å²) in [7, 11) is 0. The maximum absolute atomic E-state index is 12.4. The van der Waals surface area contributed by atoms with Crippen molar-refractivity contribution in [2.45, 2.75) is 19.8 Å². The first-order chi connectivity index (χ1) is 12.2. The van der Waals surface area contributed by atoms with Crippen molar-refractivity contribution >= 4 is 50.6 Å². The second-order valence-corrected chi connectivity index (χ2v) is 6.95. The first-order valence-corrected chi connectivity index (χ1v) is 9.42. The number of carbonyl (C=O) groups is 1. The van der Waals surface area contributed by atoms with Crippen LogP contribution in [0.1, 0.15) is 29.3 Å². The van der Waals surface area contributed by atoms with Crippen LogP contribution in [0.25, 0.3) is 10.2 Å². The van der Waals surface area contributed by atoms with Crippen LogP contribution in [0, 0.1) is 0 Å². The molecule has 3 heterocycles. The Morgan fingerprint density at radius 1 is 1.36 bits per heavy atom. The molecule has 0 spiro atoms. The van der Waals surface area contributed by atoms with Crippen LogP contribution >= 0.6 is 22.9 Å². The standard InChI is InChI=1S/C18H16ClN3O2S/c1-2-24-17(23)12-10-25-16-14(12)15(20-18(19)21-16)22-9-5-7-11-6-3-4-8-13(11)22/h3-4,6,8,10H,2,5,7,9H2,1H3. The van der Waals surface area contributed by atoms with Crippen LogP contribution in [-0.2, 0) is 11.2 Å². The van der Waals surface area contributed by atoms with Gasteiger partial charge in [-0.25, -0.2) is 9.78 Å². The number of halogens is 1. The van der Waals surface area contributed by atoms with Crippen molar-refractivity contribution in [1.29, 1.82) is 0 Å². The van der Waals surface area contributed by atoms with E-state index in [1.54, 1.807) is 12.3 Å². The van der Waals surface area contributed by atoms with E-state index in [2.05, 4.69) is 27.0 Å². The third-order valence-corrected chi connectivity index (χ3v) is 5.29. The fourth-order valence-corrected chi connectivity index (χ4v) is 4.32. The molecule has 2 aromatic heterocycles. The number of rotatable bonds is 3. The number of hydrogen-bond acceptors (Lipinski definition) is 6. The topological polar surface area (TPSA) is 55.3 Å².